The summed E-state index contributed by atoms with van der Waals surface area (Å²) in [6, 6.07) is 10.8. The molecule has 128 valence electrons. The fraction of sp³-hybridized carbons (Fsp3) is 0.235. The number of ether oxygens (including phenoxy) is 1. The molecule has 1 atom stereocenters. The molecule has 0 aliphatic carbocycles. The molecule has 1 unspecified atom stereocenters. The average Bonchev–Trinajstić information content (AvgIpc) is 2.54. The van der Waals surface area contributed by atoms with Crippen LogP contribution in [0.4, 0.5) is 18.9 Å². The van der Waals surface area contributed by atoms with Gasteiger partial charge in [0, 0.05) is 10.7 Å². The molecule has 7 heteroatoms. The van der Waals surface area contributed by atoms with Gasteiger partial charge < -0.3 is 10.1 Å². The lowest BCUT2D eigenvalue weighted by Gasteiger charge is -2.17. The number of alkyl halides is 3. The zero-order valence-corrected chi connectivity index (χ0v) is 13.5. The Morgan fingerprint density at radius 3 is 2.21 bits per heavy atom. The van der Waals surface area contributed by atoms with Crippen LogP contribution in [0.5, 0.6) is 5.75 Å². The molecular weight excluding hydrogens is 343 g/mol. The van der Waals surface area contributed by atoms with E-state index in [1.54, 1.807) is 31.2 Å². The number of hydrogen-bond acceptors (Lipinski definition) is 2. The van der Waals surface area contributed by atoms with E-state index in [0.29, 0.717) is 17.2 Å². The molecule has 0 aliphatic rings. The van der Waals surface area contributed by atoms with E-state index < -0.39 is 23.8 Å². The highest BCUT2D eigenvalue weighted by Crippen LogP contribution is 2.29. The summed E-state index contributed by atoms with van der Waals surface area (Å²) in [4.78, 5) is 12.2. The third-order valence-electron chi connectivity index (χ3n) is 3.23. The normalized spacial score (nSPS) is 12.5. The molecule has 3 nitrogen and oxygen atoms in total. The molecule has 2 aromatic rings. The summed E-state index contributed by atoms with van der Waals surface area (Å²) in [5.74, 6) is 0.0426. The molecule has 0 spiro atoms. The van der Waals surface area contributed by atoms with Crippen LogP contribution in [-0.4, -0.2) is 12.0 Å². The van der Waals surface area contributed by atoms with Crippen LogP contribution in [0, 0.1) is 0 Å². The van der Waals surface area contributed by atoms with E-state index in [4.69, 9.17) is 16.3 Å². The van der Waals surface area contributed by atoms with E-state index in [1.165, 1.54) is 12.1 Å². The van der Waals surface area contributed by atoms with Gasteiger partial charge in [-0.2, -0.15) is 13.2 Å². The molecule has 0 aromatic heterocycles. The maximum absolute atomic E-state index is 12.5. The molecule has 1 amide bonds. The lowest BCUT2D eigenvalue weighted by molar-refractivity contribution is -0.137. The second kappa shape index (κ2) is 7.57. The summed E-state index contributed by atoms with van der Waals surface area (Å²) in [6.45, 7) is 1.77. The minimum Gasteiger partial charge on any atom is -0.481 e. The molecular formula is C17H15ClF3NO2. The van der Waals surface area contributed by atoms with Crippen LogP contribution in [0.15, 0.2) is 48.5 Å². The van der Waals surface area contributed by atoms with E-state index in [9.17, 15) is 18.0 Å². The number of nitrogens with one attached hydrogen (secondary N) is 1. The number of carbonyl (C=O) groups excluding carboxylic acids is 1. The number of halogens is 4. The van der Waals surface area contributed by atoms with Crippen molar-refractivity contribution in [3.63, 3.8) is 0 Å². The Morgan fingerprint density at radius 2 is 1.71 bits per heavy atom. The monoisotopic (exact) mass is 357 g/mol. The van der Waals surface area contributed by atoms with Gasteiger partial charge in [-0.05, 0) is 55.0 Å². The van der Waals surface area contributed by atoms with Crippen LogP contribution < -0.4 is 10.1 Å². The predicted molar refractivity (Wildman–Crippen MR) is 86.2 cm³/mol. The SMILES string of the molecule is CCC(Oc1ccc(Cl)cc1)C(=O)Nc1ccc(C(F)(F)F)cc1. The summed E-state index contributed by atoms with van der Waals surface area (Å²) in [5, 5.41) is 3.09. The van der Waals surface area contributed by atoms with Gasteiger partial charge in [0.1, 0.15) is 5.75 Å². The number of carbonyl (C=O) groups is 1. The molecule has 0 radical (unpaired) electrons. The van der Waals surface area contributed by atoms with Crippen molar-refractivity contribution in [3.05, 3.63) is 59.1 Å². The third kappa shape index (κ3) is 4.89. The Bertz CT molecular complexity index is 684. The number of rotatable bonds is 5. The largest absolute Gasteiger partial charge is 0.481 e. The van der Waals surface area contributed by atoms with Gasteiger partial charge in [0.25, 0.3) is 5.91 Å². The minimum atomic E-state index is -4.41. The van der Waals surface area contributed by atoms with Gasteiger partial charge >= 0.3 is 6.18 Å². The highest BCUT2D eigenvalue weighted by atomic mass is 35.5. The van der Waals surface area contributed by atoms with Crippen LogP contribution in [0.2, 0.25) is 5.02 Å². The van der Waals surface area contributed by atoms with E-state index >= 15 is 0 Å². The highest BCUT2D eigenvalue weighted by Gasteiger charge is 2.30. The fourth-order valence-electron chi connectivity index (χ4n) is 1.96. The van der Waals surface area contributed by atoms with Gasteiger partial charge in [0.05, 0.1) is 5.56 Å². The minimum absolute atomic E-state index is 0.270. The van der Waals surface area contributed by atoms with Crippen molar-refractivity contribution in [3.8, 4) is 5.75 Å². The van der Waals surface area contributed by atoms with Crippen molar-refractivity contribution in [2.24, 2.45) is 0 Å². The van der Waals surface area contributed by atoms with Gasteiger partial charge in [0.2, 0.25) is 0 Å². The number of anilines is 1. The summed E-state index contributed by atoms with van der Waals surface area (Å²) in [5.41, 5.74) is -0.504. The summed E-state index contributed by atoms with van der Waals surface area (Å²) in [7, 11) is 0. The zero-order chi connectivity index (χ0) is 17.7. The van der Waals surface area contributed by atoms with Gasteiger partial charge in [-0.1, -0.05) is 18.5 Å². The average molecular weight is 358 g/mol. The summed E-state index contributed by atoms with van der Waals surface area (Å²) < 4.78 is 43.1. The zero-order valence-electron chi connectivity index (χ0n) is 12.7. The topological polar surface area (TPSA) is 38.3 Å². The molecule has 0 heterocycles. The highest BCUT2D eigenvalue weighted by molar-refractivity contribution is 6.30. The molecule has 0 saturated carbocycles. The molecule has 24 heavy (non-hydrogen) atoms. The first kappa shape index (κ1) is 18.1. The van der Waals surface area contributed by atoms with Crippen molar-refractivity contribution in [1.29, 1.82) is 0 Å². The first-order chi connectivity index (χ1) is 11.3. The Hall–Kier alpha value is -2.21. The summed E-state index contributed by atoms with van der Waals surface area (Å²) >= 11 is 5.78. The van der Waals surface area contributed by atoms with Crippen LogP contribution in [-0.2, 0) is 11.0 Å². The third-order valence-corrected chi connectivity index (χ3v) is 3.49. The lowest BCUT2D eigenvalue weighted by atomic mass is 10.2. The van der Waals surface area contributed by atoms with Gasteiger partial charge in [-0.3, -0.25) is 4.79 Å². The smallest absolute Gasteiger partial charge is 0.416 e. The van der Waals surface area contributed by atoms with Crippen LogP contribution in [0.1, 0.15) is 18.9 Å². The molecule has 0 bridgehead atoms. The van der Waals surface area contributed by atoms with Gasteiger partial charge in [-0.15, -0.1) is 0 Å². The van der Waals surface area contributed by atoms with Crippen LogP contribution in [0.25, 0.3) is 0 Å². The Balaban J connectivity index is 2.02. The maximum atomic E-state index is 12.5. The van der Waals surface area contributed by atoms with E-state index in [0.717, 1.165) is 12.1 Å². The van der Waals surface area contributed by atoms with Crippen molar-refractivity contribution in [1.82, 2.24) is 0 Å². The molecule has 2 aromatic carbocycles. The standard InChI is InChI=1S/C17H15ClF3NO2/c1-2-15(24-14-9-5-12(18)6-10-14)16(23)22-13-7-3-11(4-8-13)17(19,20)21/h3-10,15H,2H2,1H3,(H,22,23). The maximum Gasteiger partial charge on any atom is 0.416 e. The fourth-order valence-corrected chi connectivity index (χ4v) is 2.09. The van der Waals surface area contributed by atoms with Crippen molar-refractivity contribution in [2.75, 3.05) is 5.32 Å². The van der Waals surface area contributed by atoms with Gasteiger partial charge in [-0.25, -0.2) is 0 Å². The van der Waals surface area contributed by atoms with Crippen molar-refractivity contribution < 1.29 is 22.7 Å². The quantitative estimate of drug-likeness (QED) is 0.803. The molecule has 2 rings (SSSR count). The Morgan fingerprint density at radius 1 is 1.12 bits per heavy atom. The number of benzene rings is 2. The molecule has 1 N–H and O–H groups in total. The Labute approximate surface area is 142 Å². The lowest BCUT2D eigenvalue weighted by Crippen LogP contribution is -2.32. The van der Waals surface area contributed by atoms with Crippen LogP contribution in [0.3, 0.4) is 0 Å². The predicted octanol–water partition coefficient (Wildman–Crippen LogP) is 5.15. The first-order valence-corrected chi connectivity index (χ1v) is 7.57. The van der Waals surface area contributed by atoms with Crippen LogP contribution >= 0.6 is 11.6 Å². The van der Waals surface area contributed by atoms with E-state index in [1.807, 2.05) is 0 Å². The number of hydrogen-bond donors (Lipinski definition) is 1. The first-order valence-electron chi connectivity index (χ1n) is 7.20. The molecule has 0 saturated heterocycles. The molecule has 0 fully saturated rings. The van der Waals surface area contributed by atoms with E-state index in [-0.39, 0.29) is 5.69 Å². The second-order valence-electron chi connectivity index (χ2n) is 5.03. The van der Waals surface area contributed by atoms with E-state index in [2.05, 4.69) is 5.32 Å². The molecule has 0 aliphatic heterocycles. The Kier molecular flexibility index (Phi) is 5.72. The second-order valence-corrected chi connectivity index (χ2v) is 5.47. The van der Waals surface area contributed by atoms with Crippen molar-refractivity contribution >= 4 is 23.2 Å². The summed E-state index contributed by atoms with van der Waals surface area (Å²) in [6.07, 6.45) is -4.78. The van der Waals surface area contributed by atoms with Crippen molar-refractivity contribution in [2.45, 2.75) is 25.6 Å². The number of amides is 1. The van der Waals surface area contributed by atoms with Gasteiger partial charge in [0.15, 0.2) is 6.10 Å².